The molecule has 0 spiro atoms. The van der Waals surface area contributed by atoms with E-state index in [9.17, 15) is 0 Å². The van der Waals surface area contributed by atoms with Crippen molar-refractivity contribution in [2.45, 2.75) is 11.8 Å². The third kappa shape index (κ3) is 1.60. The number of hydrogen-bond donors (Lipinski definition) is 1. The van der Waals surface area contributed by atoms with Crippen LogP contribution in [-0.2, 0) is 0 Å². The van der Waals surface area contributed by atoms with Crippen LogP contribution in [0.25, 0.3) is 10.1 Å². The molecule has 2 aromatic rings. The van der Waals surface area contributed by atoms with Crippen molar-refractivity contribution in [3.63, 3.8) is 0 Å². The molecule has 0 atom stereocenters. The van der Waals surface area contributed by atoms with Gasteiger partial charge in [0.15, 0.2) is 0 Å². The number of thiophene rings is 1. The number of halogens is 1. The monoisotopic (exact) mass is 244 g/mol. The molecule has 1 nitrogen and oxygen atoms in total. The summed E-state index contributed by atoms with van der Waals surface area (Å²) in [6.07, 6.45) is 0. The van der Waals surface area contributed by atoms with E-state index in [2.05, 4.69) is 12.6 Å². The van der Waals surface area contributed by atoms with Crippen LogP contribution in [0.15, 0.2) is 23.1 Å². The van der Waals surface area contributed by atoms with Gasteiger partial charge >= 0.3 is 0 Å². The lowest BCUT2D eigenvalue weighted by Gasteiger charge is -2.04. The van der Waals surface area contributed by atoms with Gasteiger partial charge in [0.1, 0.15) is 10.1 Å². The van der Waals surface area contributed by atoms with Crippen LogP contribution in [0.5, 0.6) is 5.75 Å². The van der Waals surface area contributed by atoms with Crippen molar-refractivity contribution in [1.29, 1.82) is 0 Å². The first-order valence-corrected chi connectivity index (χ1v) is 5.91. The third-order valence-electron chi connectivity index (χ3n) is 1.91. The summed E-state index contributed by atoms with van der Waals surface area (Å²) in [7, 11) is 0. The molecule has 0 aliphatic heterocycles. The standard InChI is InChI=1S/C10H9ClOS2/c1-2-12-6-4-3-5-7-8(6)9(13)10(11)14-7/h3-5,13H,2H2,1H3. The predicted molar refractivity (Wildman–Crippen MR) is 65.3 cm³/mol. The summed E-state index contributed by atoms with van der Waals surface area (Å²) >= 11 is 11.9. The normalized spacial score (nSPS) is 10.8. The summed E-state index contributed by atoms with van der Waals surface area (Å²) < 4.78 is 7.35. The summed E-state index contributed by atoms with van der Waals surface area (Å²) in [6.45, 7) is 2.62. The van der Waals surface area contributed by atoms with Crippen LogP contribution in [0.1, 0.15) is 6.92 Å². The highest BCUT2D eigenvalue weighted by atomic mass is 35.5. The van der Waals surface area contributed by atoms with Crippen molar-refractivity contribution in [2.24, 2.45) is 0 Å². The van der Waals surface area contributed by atoms with Crippen LogP contribution in [0.4, 0.5) is 0 Å². The SMILES string of the molecule is CCOc1cccc2sc(Cl)c(S)c12. The summed E-state index contributed by atoms with van der Waals surface area (Å²) in [5, 5.41) is 1.02. The molecule has 4 heteroatoms. The molecule has 1 aromatic heterocycles. The minimum Gasteiger partial charge on any atom is -0.493 e. The Balaban J connectivity index is 2.71. The zero-order chi connectivity index (χ0) is 10.1. The van der Waals surface area contributed by atoms with E-state index in [0.29, 0.717) is 6.61 Å². The van der Waals surface area contributed by atoms with Gasteiger partial charge in [0.2, 0.25) is 0 Å². The van der Waals surface area contributed by atoms with E-state index in [1.54, 1.807) is 0 Å². The highest BCUT2D eigenvalue weighted by Crippen LogP contribution is 2.42. The molecule has 0 amide bonds. The quantitative estimate of drug-likeness (QED) is 0.778. The second-order valence-corrected chi connectivity index (χ2v) is 4.89. The molecule has 2 rings (SSSR count). The first kappa shape index (κ1) is 10.1. The number of thiol groups is 1. The lowest BCUT2D eigenvalue weighted by molar-refractivity contribution is 0.344. The van der Waals surface area contributed by atoms with E-state index in [-0.39, 0.29) is 0 Å². The van der Waals surface area contributed by atoms with Gasteiger partial charge in [-0.25, -0.2) is 0 Å². The Labute approximate surface area is 97.1 Å². The summed E-state index contributed by atoms with van der Waals surface area (Å²) in [5.74, 6) is 0.859. The Hall–Kier alpha value is -0.380. The minimum absolute atomic E-state index is 0.653. The second-order valence-electron chi connectivity index (χ2n) is 2.79. The Kier molecular flexibility index (Phi) is 2.91. The van der Waals surface area contributed by atoms with Crippen LogP contribution in [-0.4, -0.2) is 6.61 Å². The number of rotatable bonds is 2. The lowest BCUT2D eigenvalue weighted by Crippen LogP contribution is -1.91. The van der Waals surface area contributed by atoms with E-state index in [0.717, 1.165) is 25.1 Å². The van der Waals surface area contributed by atoms with E-state index in [1.165, 1.54) is 11.3 Å². The van der Waals surface area contributed by atoms with Crippen molar-refractivity contribution in [3.8, 4) is 5.75 Å². The zero-order valence-electron chi connectivity index (χ0n) is 7.58. The van der Waals surface area contributed by atoms with Crippen molar-refractivity contribution < 1.29 is 4.74 Å². The Morgan fingerprint density at radius 2 is 2.29 bits per heavy atom. The van der Waals surface area contributed by atoms with Crippen molar-refractivity contribution >= 4 is 45.7 Å². The Bertz CT molecular complexity index is 464. The van der Waals surface area contributed by atoms with Crippen LogP contribution >= 0.6 is 35.6 Å². The van der Waals surface area contributed by atoms with Gasteiger partial charge in [-0.05, 0) is 19.1 Å². The highest BCUT2D eigenvalue weighted by Gasteiger charge is 2.11. The second kappa shape index (κ2) is 4.01. The fraction of sp³-hybridized carbons (Fsp3) is 0.200. The van der Waals surface area contributed by atoms with Gasteiger partial charge in [-0.2, -0.15) is 0 Å². The van der Waals surface area contributed by atoms with Gasteiger partial charge in [-0.15, -0.1) is 24.0 Å². The molecule has 14 heavy (non-hydrogen) atoms. The fourth-order valence-electron chi connectivity index (χ4n) is 1.35. The van der Waals surface area contributed by atoms with Gasteiger partial charge < -0.3 is 4.74 Å². The molecule has 0 saturated heterocycles. The molecule has 0 aliphatic rings. The average Bonchev–Trinajstić information content (AvgIpc) is 2.45. The smallest absolute Gasteiger partial charge is 0.129 e. The molecular formula is C10H9ClOS2. The van der Waals surface area contributed by atoms with Crippen LogP contribution in [0.2, 0.25) is 4.34 Å². The van der Waals surface area contributed by atoms with E-state index in [4.69, 9.17) is 16.3 Å². The van der Waals surface area contributed by atoms with Gasteiger partial charge in [-0.3, -0.25) is 0 Å². The van der Waals surface area contributed by atoms with E-state index >= 15 is 0 Å². The van der Waals surface area contributed by atoms with Crippen LogP contribution in [0.3, 0.4) is 0 Å². The largest absolute Gasteiger partial charge is 0.493 e. The third-order valence-corrected chi connectivity index (χ3v) is 4.00. The summed E-state index contributed by atoms with van der Waals surface area (Å²) in [6, 6.07) is 5.93. The molecule has 74 valence electrons. The fourth-order valence-corrected chi connectivity index (χ4v) is 2.98. The molecule has 0 bridgehead atoms. The number of hydrogen-bond acceptors (Lipinski definition) is 3. The van der Waals surface area contributed by atoms with Gasteiger partial charge in [0.25, 0.3) is 0 Å². The van der Waals surface area contributed by atoms with Crippen LogP contribution < -0.4 is 4.74 Å². The van der Waals surface area contributed by atoms with Crippen molar-refractivity contribution in [2.75, 3.05) is 6.61 Å². The summed E-state index contributed by atoms with van der Waals surface area (Å²) in [4.78, 5) is 0.815. The van der Waals surface area contributed by atoms with Gasteiger partial charge in [0, 0.05) is 15.0 Å². The molecule has 1 aromatic carbocycles. The van der Waals surface area contributed by atoms with E-state index < -0.39 is 0 Å². The Morgan fingerprint density at radius 3 is 3.00 bits per heavy atom. The maximum absolute atomic E-state index is 6.01. The predicted octanol–water partition coefficient (Wildman–Crippen LogP) is 4.24. The van der Waals surface area contributed by atoms with Crippen LogP contribution in [0, 0.1) is 0 Å². The first-order valence-electron chi connectivity index (χ1n) is 4.26. The molecule has 0 radical (unpaired) electrons. The molecule has 1 heterocycles. The van der Waals surface area contributed by atoms with Gasteiger partial charge in [-0.1, -0.05) is 17.7 Å². The minimum atomic E-state index is 0.653. The van der Waals surface area contributed by atoms with Crippen molar-refractivity contribution in [1.82, 2.24) is 0 Å². The molecule has 0 unspecified atom stereocenters. The molecule has 0 saturated carbocycles. The van der Waals surface area contributed by atoms with E-state index in [1.807, 2.05) is 25.1 Å². The lowest BCUT2D eigenvalue weighted by atomic mass is 10.2. The number of benzene rings is 1. The van der Waals surface area contributed by atoms with Crippen molar-refractivity contribution in [3.05, 3.63) is 22.5 Å². The zero-order valence-corrected chi connectivity index (χ0v) is 10.0. The number of fused-ring (bicyclic) bond motifs is 1. The molecule has 0 aliphatic carbocycles. The maximum atomic E-state index is 6.01. The maximum Gasteiger partial charge on any atom is 0.129 e. The average molecular weight is 245 g/mol. The van der Waals surface area contributed by atoms with Gasteiger partial charge in [0.05, 0.1) is 6.61 Å². The topological polar surface area (TPSA) is 9.23 Å². The summed E-state index contributed by atoms with van der Waals surface area (Å²) in [5.41, 5.74) is 0. The molecular weight excluding hydrogens is 236 g/mol. The highest BCUT2D eigenvalue weighted by molar-refractivity contribution is 7.81. The first-order chi connectivity index (χ1) is 6.74. The molecule has 0 fully saturated rings. The molecule has 0 N–H and O–H groups in total. The Morgan fingerprint density at radius 1 is 1.50 bits per heavy atom. The number of ether oxygens (including phenoxy) is 1.